The Hall–Kier alpha value is -4.86. The second-order valence-corrected chi connectivity index (χ2v) is 13.5. The van der Waals surface area contributed by atoms with Crippen LogP contribution < -0.4 is 10.5 Å². The lowest BCUT2D eigenvalue weighted by molar-refractivity contribution is -0.128. The van der Waals surface area contributed by atoms with Crippen LogP contribution in [0.25, 0.3) is 22.3 Å². The molecule has 3 atom stereocenters. The number of para-hydroxylation sites is 1. The molecule has 12 heteroatoms. The van der Waals surface area contributed by atoms with Crippen LogP contribution in [0.5, 0.6) is 11.5 Å². The number of nitrogen functional groups attached to an aromatic ring is 1. The Bertz CT molecular complexity index is 1880. The van der Waals surface area contributed by atoms with E-state index < -0.39 is 11.4 Å². The molecule has 2 saturated heterocycles. The first-order chi connectivity index (χ1) is 23.0. The van der Waals surface area contributed by atoms with Gasteiger partial charge in [-0.1, -0.05) is 18.2 Å². The topological polar surface area (TPSA) is 129 Å². The summed E-state index contributed by atoms with van der Waals surface area (Å²) < 4.78 is 23.2. The van der Waals surface area contributed by atoms with Gasteiger partial charge in [-0.2, -0.15) is 10.4 Å². The van der Waals surface area contributed by atoms with Gasteiger partial charge in [0, 0.05) is 55.4 Å². The Morgan fingerprint density at radius 3 is 2.58 bits per heavy atom. The Labute approximate surface area is 280 Å². The molecular weight excluding hydrogens is 609 g/mol. The number of benzene rings is 2. The number of hydrogen-bond acceptors (Lipinski definition) is 9. The standard InChI is InChI=1S/C36H42FN9O2/c1-23-20-45(24(2)19-43(23)5)36(3,4)17-25(18-38)35(47)44-15-9-10-26(21-44)46-34-31(33(39)40-22-41-34)32(42-46)29-14-13-28(16-30(29)37)48-27-11-7-6-8-12-27/h6-8,11-14,16-17,22-24,26H,9-10,15,19-21H2,1-5H3,(H2,39,40,41)/t23-,24+,26-/m0/s1. The number of carbonyl (C=O) groups is 1. The molecule has 0 spiro atoms. The molecule has 2 fully saturated rings. The highest BCUT2D eigenvalue weighted by Gasteiger charge is 2.37. The number of nitriles is 1. The molecule has 0 radical (unpaired) electrons. The number of hydrogen-bond donors (Lipinski definition) is 1. The fourth-order valence-corrected chi connectivity index (χ4v) is 7.00. The largest absolute Gasteiger partial charge is 0.457 e. The van der Waals surface area contributed by atoms with Crippen LogP contribution >= 0.6 is 0 Å². The van der Waals surface area contributed by atoms with Gasteiger partial charge in [0.2, 0.25) is 0 Å². The molecule has 11 nitrogen and oxygen atoms in total. The highest BCUT2D eigenvalue weighted by molar-refractivity contribution is 5.99. The molecule has 4 aromatic rings. The van der Waals surface area contributed by atoms with Crippen LogP contribution in [0, 0.1) is 17.1 Å². The maximum atomic E-state index is 15.7. The minimum Gasteiger partial charge on any atom is -0.457 e. The van der Waals surface area contributed by atoms with Crippen molar-refractivity contribution in [3.63, 3.8) is 0 Å². The Kier molecular flexibility index (Phi) is 9.18. The maximum Gasteiger partial charge on any atom is 0.264 e. The summed E-state index contributed by atoms with van der Waals surface area (Å²) in [6.45, 7) is 11.1. The van der Waals surface area contributed by atoms with Gasteiger partial charge < -0.3 is 20.3 Å². The number of fused-ring (bicyclic) bond motifs is 1. The van der Waals surface area contributed by atoms with Gasteiger partial charge in [0.1, 0.15) is 46.8 Å². The summed E-state index contributed by atoms with van der Waals surface area (Å²) in [6, 6.07) is 16.3. The molecule has 2 aliphatic heterocycles. The number of piperazine rings is 1. The van der Waals surface area contributed by atoms with Crippen molar-refractivity contribution in [2.75, 3.05) is 39.0 Å². The fraction of sp³-hybridized carbons (Fsp3) is 0.417. The van der Waals surface area contributed by atoms with E-state index in [1.165, 1.54) is 12.4 Å². The average molecular weight is 652 g/mol. The van der Waals surface area contributed by atoms with Crippen molar-refractivity contribution in [3.8, 4) is 28.8 Å². The van der Waals surface area contributed by atoms with E-state index in [1.807, 2.05) is 24.3 Å². The molecule has 48 heavy (non-hydrogen) atoms. The minimum atomic E-state index is -0.533. The first kappa shape index (κ1) is 33.1. The lowest BCUT2D eigenvalue weighted by Gasteiger charge is -2.49. The van der Waals surface area contributed by atoms with Crippen molar-refractivity contribution in [2.45, 2.75) is 64.2 Å². The molecule has 2 aromatic heterocycles. The lowest BCUT2D eigenvalue weighted by atomic mass is 9.93. The first-order valence-corrected chi connectivity index (χ1v) is 16.4. The average Bonchev–Trinajstić information content (AvgIpc) is 3.46. The van der Waals surface area contributed by atoms with Gasteiger partial charge in [0.05, 0.1) is 11.4 Å². The van der Waals surface area contributed by atoms with Crippen LogP contribution in [0.4, 0.5) is 10.2 Å². The number of ether oxygens (including phenoxy) is 1. The predicted molar refractivity (Wildman–Crippen MR) is 183 cm³/mol. The number of anilines is 1. The zero-order valence-electron chi connectivity index (χ0n) is 28.1. The molecule has 0 bridgehead atoms. The number of piperidine rings is 1. The fourth-order valence-electron chi connectivity index (χ4n) is 7.00. The third-order valence-electron chi connectivity index (χ3n) is 9.61. The van der Waals surface area contributed by atoms with E-state index in [1.54, 1.807) is 33.8 Å². The predicted octanol–water partition coefficient (Wildman–Crippen LogP) is 5.42. The number of halogens is 1. The van der Waals surface area contributed by atoms with Crippen LogP contribution in [0.1, 0.15) is 46.6 Å². The van der Waals surface area contributed by atoms with Crippen LogP contribution in [0.3, 0.4) is 0 Å². The molecule has 2 aliphatic rings. The molecule has 0 saturated carbocycles. The number of likely N-dealkylation sites (tertiary alicyclic amines) is 1. The Balaban J connectivity index is 1.27. The first-order valence-electron chi connectivity index (χ1n) is 16.4. The summed E-state index contributed by atoms with van der Waals surface area (Å²) in [4.78, 5) is 29.0. The number of carbonyl (C=O) groups excluding carboxylic acids is 1. The van der Waals surface area contributed by atoms with Crippen LogP contribution in [-0.2, 0) is 4.79 Å². The third-order valence-corrected chi connectivity index (χ3v) is 9.61. The van der Waals surface area contributed by atoms with Crippen molar-refractivity contribution < 1.29 is 13.9 Å². The van der Waals surface area contributed by atoms with E-state index in [0.29, 0.717) is 60.2 Å². The van der Waals surface area contributed by atoms with Gasteiger partial charge in [-0.3, -0.25) is 9.69 Å². The third kappa shape index (κ3) is 6.48. The number of aromatic nitrogens is 4. The molecule has 2 N–H and O–H groups in total. The molecule has 4 heterocycles. The van der Waals surface area contributed by atoms with E-state index >= 15 is 4.39 Å². The molecule has 0 aliphatic carbocycles. The lowest BCUT2D eigenvalue weighted by Crippen LogP contribution is -2.61. The van der Waals surface area contributed by atoms with E-state index in [2.05, 4.69) is 60.6 Å². The van der Waals surface area contributed by atoms with Gasteiger partial charge >= 0.3 is 0 Å². The van der Waals surface area contributed by atoms with Crippen LogP contribution in [-0.4, -0.2) is 91.2 Å². The van der Waals surface area contributed by atoms with Crippen molar-refractivity contribution in [1.29, 1.82) is 5.26 Å². The highest BCUT2D eigenvalue weighted by atomic mass is 19.1. The Morgan fingerprint density at radius 1 is 1.08 bits per heavy atom. The smallest absolute Gasteiger partial charge is 0.264 e. The van der Waals surface area contributed by atoms with Crippen molar-refractivity contribution in [3.05, 3.63) is 72.3 Å². The van der Waals surface area contributed by atoms with Gasteiger partial charge in [0.25, 0.3) is 5.91 Å². The normalized spacial score (nSPS) is 21.3. The zero-order valence-corrected chi connectivity index (χ0v) is 28.1. The molecule has 1 amide bonds. The highest BCUT2D eigenvalue weighted by Crippen LogP contribution is 2.37. The molecule has 6 rings (SSSR count). The summed E-state index contributed by atoms with van der Waals surface area (Å²) in [5.74, 6) is 0.274. The monoisotopic (exact) mass is 651 g/mol. The second kappa shape index (κ2) is 13.3. The van der Waals surface area contributed by atoms with Gasteiger partial charge in [0.15, 0.2) is 5.65 Å². The summed E-state index contributed by atoms with van der Waals surface area (Å²) in [7, 11) is 2.12. The van der Waals surface area contributed by atoms with Crippen molar-refractivity contribution in [1.82, 2.24) is 34.4 Å². The van der Waals surface area contributed by atoms with Crippen molar-refractivity contribution in [2.24, 2.45) is 0 Å². The zero-order chi connectivity index (χ0) is 34.2. The number of nitrogens with two attached hydrogens (primary N) is 1. The van der Waals surface area contributed by atoms with E-state index in [-0.39, 0.29) is 34.9 Å². The quantitative estimate of drug-likeness (QED) is 0.206. The van der Waals surface area contributed by atoms with Crippen molar-refractivity contribution >= 4 is 22.8 Å². The van der Waals surface area contributed by atoms with Crippen LogP contribution in [0.15, 0.2) is 66.5 Å². The van der Waals surface area contributed by atoms with E-state index in [0.717, 1.165) is 13.1 Å². The molecule has 0 unspecified atom stereocenters. The number of amides is 1. The number of nitrogens with zero attached hydrogens (tertiary/aromatic N) is 8. The SMILES string of the molecule is C[C@@H]1CN(C)[C@@H](C)CN1C(C)(C)C=C(C#N)C(=O)N1CCC[C@H](n2nc(-c3ccc(Oc4ccccc4)cc3F)c3c(N)ncnc32)C1. The number of rotatable bonds is 7. The number of likely N-dealkylation sites (N-methyl/N-ethyl adjacent to an activating group) is 1. The molecular formula is C36H42FN9O2. The summed E-state index contributed by atoms with van der Waals surface area (Å²) >= 11 is 0. The van der Waals surface area contributed by atoms with E-state index in [9.17, 15) is 10.1 Å². The van der Waals surface area contributed by atoms with E-state index in [4.69, 9.17) is 15.6 Å². The van der Waals surface area contributed by atoms with Gasteiger partial charge in [-0.15, -0.1) is 0 Å². The van der Waals surface area contributed by atoms with Crippen LogP contribution in [0.2, 0.25) is 0 Å². The van der Waals surface area contributed by atoms with Gasteiger partial charge in [-0.05, 0) is 77.9 Å². The summed E-state index contributed by atoms with van der Waals surface area (Å²) in [5.41, 5.74) is 6.95. The summed E-state index contributed by atoms with van der Waals surface area (Å²) in [6.07, 6.45) is 4.58. The maximum absolute atomic E-state index is 15.7. The molecule has 2 aromatic carbocycles. The summed E-state index contributed by atoms with van der Waals surface area (Å²) in [5, 5.41) is 15.5. The minimum absolute atomic E-state index is 0.122. The molecule has 250 valence electrons. The van der Waals surface area contributed by atoms with Gasteiger partial charge in [-0.25, -0.2) is 19.0 Å². The second-order valence-electron chi connectivity index (χ2n) is 13.5. The Morgan fingerprint density at radius 2 is 1.85 bits per heavy atom.